The summed E-state index contributed by atoms with van der Waals surface area (Å²) in [7, 11) is 0. The third kappa shape index (κ3) is 4.19. The van der Waals surface area contributed by atoms with Crippen LogP contribution in [0.4, 0.5) is 0 Å². The zero-order chi connectivity index (χ0) is 12.1. The Bertz CT molecular complexity index is 344. The van der Waals surface area contributed by atoms with E-state index in [-0.39, 0.29) is 0 Å². The Balaban J connectivity index is 2.60. The molecule has 0 aliphatic carbocycles. The first kappa shape index (κ1) is 14.2. The molecule has 0 saturated heterocycles. The number of thiol groups is 1. The predicted octanol–water partition coefficient (Wildman–Crippen LogP) is 4.68. The van der Waals surface area contributed by atoms with Crippen LogP contribution in [0.1, 0.15) is 13.8 Å². The van der Waals surface area contributed by atoms with E-state index in [1.165, 1.54) is 0 Å². The molecule has 0 saturated carbocycles. The van der Waals surface area contributed by atoms with Gasteiger partial charge in [-0.05, 0) is 45.8 Å². The third-order valence-corrected chi connectivity index (χ3v) is 3.85. The van der Waals surface area contributed by atoms with Gasteiger partial charge in [0.25, 0.3) is 0 Å². The summed E-state index contributed by atoms with van der Waals surface area (Å²) in [4.78, 5) is 0. The Morgan fingerprint density at radius 3 is 2.62 bits per heavy atom. The van der Waals surface area contributed by atoms with Crippen LogP contribution in [0, 0.1) is 11.8 Å². The first-order chi connectivity index (χ1) is 7.54. The van der Waals surface area contributed by atoms with E-state index in [0.29, 0.717) is 23.5 Å². The maximum Gasteiger partial charge on any atom is 0.133 e. The molecule has 0 N–H and O–H groups in total. The fraction of sp³-hybridized carbons (Fsp3) is 0.500. The van der Waals surface area contributed by atoms with Gasteiger partial charge in [-0.1, -0.05) is 25.4 Å². The monoisotopic (exact) mass is 322 g/mol. The molecule has 1 rings (SSSR count). The Labute approximate surface area is 116 Å². The molecule has 1 aromatic carbocycles. The lowest BCUT2D eigenvalue weighted by Gasteiger charge is -2.19. The van der Waals surface area contributed by atoms with E-state index < -0.39 is 0 Å². The summed E-state index contributed by atoms with van der Waals surface area (Å²) in [5.41, 5.74) is 0. The van der Waals surface area contributed by atoms with Crippen molar-refractivity contribution in [3.63, 3.8) is 0 Å². The lowest BCUT2D eigenvalue weighted by atomic mass is 9.99. The minimum Gasteiger partial charge on any atom is -0.492 e. The van der Waals surface area contributed by atoms with Gasteiger partial charge in [-0.15, -0.1) is 0 Å². The van der Waals surface area contributed by atoms with Crippen molar-refractivity contribution in [1.29, 1.82) is 0 Å². The average Bonchev–Trinajstić information content (AvgIpc) is 2.21. The SMILES string of the molecule is CC(C)C(CS)COc1ccc(Cl)cc1Br. The highest BCUT2D eigenvalue weighted by Gasteiger charge is 2.13. The van der Waals surface area contributed by atoms with E-state index in [9.17, 15) is 0 Å². The molecule has 0 aliphatic rings. The van der Waals surface area contributed by atoms with Crippen LogP contribution in [0.5, 0.6) is 5.75 Å². The van der Waals surface area contributed by atoms with Gasteiger partial charge < -0.3 is 4.74 Å². The van der Waals surface area contributed by atoms with Crippen LogP contribution in [0.25, 0.3) is 0 Å². The predicted molar refractivity (Wildman–Crippen MR) is 76.8 cm³/mol. The van der Waals surface area contributed by atoms with Crippen molar-refractivity contribution in [2.24, 2.45) is 11.8 Å². The van der Waals surface area contributed by atoms with E-state index in [4.69, 9.17) is 16.3 Å². The Morgan fingerprint density at radius 2 is 2.12 bits per heavy atom. The molecule has 16 heavy (non-hydrogen) atoms. The summed E-state index contributed by atoms with van der Waals surface area (Å²) in [5, 5.41) is 0.703. The molecule has 0 aliphatic heterocycles. The number of hydrogen-bond donors (Lipinski definition) is 1. The van der Waals surface area contributed by atoms with Crippen LogP contribution >= 0.6 is 40.2 Å². The smallest absolute Gasteiger partial charge is 0.133 e. The van der Waals surface area contributed by atoms with Crippen LogP contribution in [0.15, 0.2) is 22.7 Å². The van der Waals surface area contributed by atoms with Crippen molar-refractivity contribution in [1.82, 2.24) is 0 Å². The normalized spacial score (nSPS) is 12.9. The van der Waals surface area contributed by atoms with Crippen molar-refractivity contribution in [3.05, 3.63) is 27.7 Å². The molecule has 0 amide bonds. The van der Waals surface area contributed by atoms with Gasteiger partial charge in [0.2, 0.25) is 0 Å². The molecule has 0 radical (unpaired) electrons. The highest BCUT2D eigenvalue weighted by atomic mass is 79.9. The first-order valence-corrected chi connectivity index (χ1v) is 7.03. The molecule has 1 unspecified atom stereocenters. The number of ether oxygens (including phenoxy) is 1. The number of rotatable bonds is 5. The molecule has 0 fully saturated rings. The minimum absolute atomic E-state index is 0.464. The standard InChI is InChI=1S/C12H16BrClOS/c1-8(2)9(7-16)6-15-12-4-3-10(14)5-11(12)13/h3-5,8-9,16H,6-7H2,1-2H3. The Hall–Kier alpha value is 0.140. The molecule has 0 spiro atoms. The summed E-state index contributed by atoms with van der Waals surface area (Å²) in [6.45, 7) is 5.05. The highest BCUT2D eigenvalue weighted by molar-refractivity contribution is 9.10. The zero-order valence-electron chi connectivity index (χ0n) is 9.41. The maximum absolute atomic E-state index is 5.86. The first-order valence-electron chi connectivity index (χ1n) is 5.23. The van der Waals surface area contributed by atoms with Gasteiger partial charge in [0.15, 0.2) is 0 Å². The topological polar surface area (TPSA) is 9.23 Å². The number of hydrogen-bond acceptors (Lipinski definition) is 2. The lowest BCUT2D eigenvalue weighted by Crippen LogP contribution is -2.19. The van der Waals surface area contributed by atoms with Gasteiger partial charge in [-0.3, -0.25) is 0 Å². The Morgan fingerprint density at radius 1 is 1.44 bits per heavy atom. The second kappa shape index (κ2) is 6.77. The minimum atomic E-state index is 0.464. The van der Waals surface area contributed by atoms with Gasteiger partial charge in [0.1, 0.15) is 5.75 Å². The van der Waals surface area contributed by atoms with Gasteiger partial charge >= 0.3 is 0 Å². The molecule has 90 valence electrons. The summed E-state index contributed by atoms with van der Waals surface area (Å²) in [6.07, 6.45) is 0. The molecule has 1 aromatic rings. The molecule has 1 nitrogen and oxygen atoms in total. The van der Waals surface area contributed by atoms with Crippen LogP contribution in [-0.2, 0) is 0 Å². The van der Waals surface area contributed by atoms with E-state index in [2.05, 4.69) is 42.4 Å². The van der Waals surface area contributed by atoms with Crippen molar-refractivity contribution in [3.8, 4) is 5.75 Å². The van der Waals surface area contributed by atoms with Crippen LogP contribution < -0.4 is 4.74 Å². The third-order valence-electron chi connectivity index (χ3n) is 2.52. The van der Waals surface area contributed by atoms with Crippen LogP contribution in [0.3, 0.4) is 0 Å². The zero-order valence-corrected chi connectivity index (χ0v) is 12.6. The van der Waals surface area contributed by atoms with E-state index >= 15 is 0 Å². The summed E-state index contributed by atoms with van der Waals surface area (Å²) in [5.74, 6) is 2.70. The summed E-state index contributed by atoms with van der Waals surface area (Å²) >= 11 is 13.6. The van der Waals surface area contributed by atoms with Crippen molar-refractivity contribution in [2.45, 2.75) is 13.8 Å². The second-order valence-corrected chi connectivity index (χ2v) is 5.73. The van der Waals surface area contributed by atoms with Gasteiger partial charge in [-0.25, -0.2) is 0 Å². The molecular formula is C12H16BrClOS. The maximum atomic E-state index is 5.86. The van der Waals surface area contributed by atoms with Crippen LogP contribution in [0.2, 0.25) is 5.02 Å². The van der Waals surface area contributed by atoms with Crippen molar-refractivity contribution in [2.75, 3.05) is 12.4 Å². The summed E-state index contributed by atoms with van der Waals surface area (Å²) < 4.78 is 6.64. The van der Waals surface area contributed by atoms with E-state index in [0.717, 1.165) is 16.0 Å². The van der Waals surface area contributed by atoms with Crippen molar-refractivity contribution < 1.29 is 4.74 Å². The molecule has 1 atom stereocenters. The number of halogens is 2. The lowest BCUT2D eigenvalue weighted by molar-refractivity contribution is 0.226. The fourth-order valence-electron chi connectivity index (χ4n) is 1.25. The molecule has 4 heteroatoms. The average molecular weight is 324 g/mol. The Kier molecular flexibility index (Phi) is 6.01. The van der Waals surface area contributed by atoms with Crippen LogP contribution in [-0.4, -0.2) is 12.4 Å². The largest absolute Gasteiger partial charge is 0.492 e. The van der Waals surface area contributed by atoms with E-state index in [1.54, 1.807) is 0 Å². The summed E-state index contributed by atoms with van der Waals surface area (Å²) in [6, 6.07) is 5.54. The van der Waals surface area contributed by atoms with E-state index in [1.807, 2.05) is 18.2 Å². The highest BCUT2D eigenvalue weighted by Crippen LogP contribution is 2.28. The molecule has 0 bridgehead atoms. The molecule has 0 heterocycles. The van der Waals surface area contributed by atoms with Gasteiger partial charge in [0, 0.05) is 10.9 Å². The van der Waals surface area contributed by atoms with Gasteiger partial charge in [0.05, 0.1) is 11.1 Å². The fourth-order valence-corrected chi connectivity index (χ4v) is 2.57. The van der Waals surface area contributed by atoms with Gasteiger partial charge in [-0.2, -0.15) is 12.6 Å². The quantitative estimate of drug-likeness (QED) is 0.774. The number of benzene rings is 1. The second-order valence-electron chi connectivity index (χ2n) is 4.07. The molecule has 0 aromatic heterocycles. The molecular weight excluding hydrogens is 308 g/mol. The van der Waals surface area contributed by atoms with Crippen molar-refractivity contribution >= 4 is 40.2 Å².